The van der Waals surface area contributed by atoms with E-state index in [0.29, 0.717) is 0 Å². The van der Waals surface area contributed by atoms with E-state index in [2.05, 4.69) is 14.4 Å². The summed E-state index contributed by atoms with van der Waals surface area (Å²) in [6.45, 7) is 0. The van der Waals surface area contributed by atoms with Gasteiger partial charge in [-0.05, 0) is 36.4 Å². The Hall–Kier alpha value is -2.88. The first kappa shape index (κ1) is 11.0. The lowest BCUT2D eigenvalue weighted by atomic mass is 10.1. The second-order valence-corrected chi connectivity index (χ2v) is 4.63. The van der Waals surface area contributed by atoms with E-state index in [1.165, 1.54) is 0 Å². The predicted molar refractivity (Wildman–Crippen MR) is 77.6 cm³/mol. The largest absolute Gasteiger partial charge is 0.508 e. The number of hydrogen-bond donors (Lipinski definition) is 1. The van der Waals surface area contributed by atoms with Crippen LogP contribution < -0.4 is 0 Å². The molecule has 0 aliphatic carbocycles. The van der Waals surface area contributed by atoms with Gasteiger partial charge >= 0.3 is 0 Å². The van der Waals surface area contributed by atoms with Crippen LogP contribution in [0.3, 0.4) is 0 Å². The molecular weight excluding hydrogens is 250 g/mol. The van der Waals surface area contributed by atoms with E-state index in [-0.39, 0.29) is 5.75 Å². The molecule has 4 heteroatoms. The Morgan fingerprint density at radius 1 is 0.850 bits per heavy atom. The number of rotatable bonds is 1. The van der Waals surface area contributed by atoms with E-state index >= 15 is 0 Å². The number of imidazole rings is 1. The molecule has 0 saturated carbocycles. The van der Waals surface area contributed by atoms with Gasteiger partial charge < -0.3 is 5.11 Å². The Labute approximate surface area is 115 Å². The molecule has 20 heavy (non-hydrogen) atoms. The van der Waals surface area contributed by atoms with Crippen LogP contribution in [0, 0.1) is 0 Å². The summed E-state index contributed by atoms with van der Waals surface area (Å²) in [4.78, 5) is 8.81. The van der Waals surface area contributed by atoms with Gasteiger partial charge in [-0.15, -0.1) is 0 Å². The average Bonchev–Trinajstić information content (AvgIpc) is 2.92. The van der Waals surface area contributed by atoms with Crippen molar-refractivity contribution in [1.82, 2.24) is 14.4 Å². The third-order valence-electron chi connectivity index (χ3n) is 3.39. The average molecular weight is 261 g/mol. The summed E-state index contributed by atoms with van der Waals surface area (Å²) in [5.74, 6) is 0.258. The molecule has 0 atom stereocenters. The maximum absolute atomic E-state index is 9.41. The van der Waals surface area contributed by atoms with Gasteiger partial charge in [-0.3, -0.25) is 9.38 Å². The molecule has 4 aromatic rings. The fraction of sp³-hybridized carbons (Fsp3) is 0. The summed E-state index contributed by atoms with van der Waals surface area (Å²) >= 11 is 0. The molecule has 4 rings (SSSR count). The van der Waals surface area contributed by atoms with Gasteiger partial charge in [0.1, 0.15) is 5.75 Å². The highest BCUT2D eigenvalue weighted by atomic mass is 16.3. The number of aromatic nitrogens is 3. The number of phenolic OH excluding ortho intramolecular Hbond substituents is 1. The van der Waals surface area contributed by atoms with Gasteiger partial charge in [0.25, 0.3) is 0 Å². The first-order chi connectivity index (χ1) is 9.83. The van der Waals surface area contributed by atoms with E-state index in [4.69, 9.17) is 0 Å². The molecule has 2 aromatic carbocycles. The minimum atomic E-state index is 0.258. The molecule has 1 N–H and O–H groups in total. The predicted octanol–water partition coefficient (Wildman–Crippen LogP) is 3.26. The standard InChI is InChI=1S/C16H11N3O/c20-12-7-5-11(6-8-12)15-9-18-16-10-17-13-3-1-2-4-14(13)19(15)16/h1-10,20H. The Kier molecular flexibility index (Phi) is 2.23. The molecule has 0 unspecified atom stereocenters. The van der Waals surface area contributed by atoms with Crippen LogP contribution in [-0.4, -0.2) is 19.5 Å². The van der Waals surface area contributed by atoms with Crippen LogP contribution in [0.15, 0.2) is 60.9 Å². The van der Waals surface area contributed by atoms with Gasteiger partial charge in [-0.2, -0.15) is 0 Å². The smallest absolute Gasteiger partial charge is 0.156 e. The number of hydrogen-bond acceptors (Lipinski definition) is 3. The number of para-hydroxylation sites is 2. The molecule has 2 aromatic heterocycles. The van der Waals surface area contributed by atoms with Crippen molar-refractivity contribution in [2.24, 2.45) is 0 Å². The van der Waals surface area contributed by atoms with E-state index in [1.54, 1.807) is 18.3 Å². The zero-order chi connectivity index (χ0) is 13.5. The Morgan fingerprint density at radius 2 is 1.65 bits per heavy atom. The van der Waals surface area contributed by atoms with Gasteiger partial charge in [0.05, 0.1) is 29.1 Å². The highest BCUT2D eigenvalue weighted by Gasteiger charge is 2.09. The van der Waals surface area contributed by atoms with Crippen molar-refractivity contribution in [1.29, 1.82) is 0 Å². The van der Waals surface area contributed by atoms with Gasteiger partial charge in [-0.25, -0.2) is 4.98 Å². The Balaban J connectivity index is 2.09. The van der Waals surface area contributed by atoms with Gasteiger partial charge in [0, 0.05) is 5.56 Å². The summed E-state index contributed by atoms with van der Waals surface area (Å²) in [5, 5.41) is 9.41. The van der Waals surface area contributed by atoms with Crippen molar-refractivity contribution in [3.05, 3.63) is 60.9 Å². The van der Waals surface area contributed by atoms with E-state index < -0.39 is 0 Å². The highest BCUT2D eigenvalue weighted by molar-refractivity contribution is 5.81. The quantitative estimate of drug-likeness (QED) is 0.572. The lowest BCUT2D eigenvalue weighted by Gasteiger charge is -2.06. The molecule has 0 amide bonds. The summed E-state index contributed by atoms with van der Waals surface area (Å²) in [6.07, 6.45) is 3.60. The minimum absolute atomic E-state index is 0.258. The molecule has 0 spiro atoms. The van der Waals surface area contributed by atoms with Crippen LogP contribution in [0.5, 0.6) is 5.75 Å². The van der Waals surface area contributed by atoms with Gasteiger partial charge in [0.15, 0.2) is 5.65 Å². The monoisotopic (exact) mass is 261 g/mol. The van der Waals surface area contributed by atoms with Crippen molar-refractivity contribution < 1.29 is 5.11 Å². The molecule has 0 aliphatic rings. The first-order valence-electron chi connectivity index (χ1n) is 6.33. The minimum Gasteiger partial charge on any atom is -0.508 e. The zero-order valence-electron chi connectivity index (χ0n) is 10.6. The molecule has 0 aliphatic heterocycles. The van der Waals surface area contributed by atoms with Crippen LogP contribution in [-0.2, 0) is 0 Å². The third-order valence-corrected chi connectivity index (χ3v) is 3.39. The Bertz CT molecular complexity index is 910. The van der Waals surface area contributed by atoms with E-state index in [0.717, 1.165) is 27.9 Å². The first-order valence-corrected chi connectivity index (χ1v) is 6.33. The van der Waals surface area contributed by atoms with E-state index in [9.17, 15) is 5.11 Å². The molecule has 4 nitrogen and oxygen atoms in total. The normalized spacial score (nSPS) is 11.2. The molecule has 2 heterocycles. The maximum atomic E-state index is 9.41. The number of aromatic hydroxyl groups is 1. The fourth-order valence-corrected chi connectivity index (χ4v) is 2.44. The van der Waals surface area contributed by atoms with Gasteiger partial charge in [-0.1, -0.05) is 12.1 Å². The number of phenols is 1. The second-order valence-electron chi connectivity index (χ2n) is 4.63. The van der Waals surface area contributed by atoms with E-state index in [1.807, 2.05) is 42.6 Å². The third kappa shape index (κ3) is 1.55. The topological polar surface area (TPSA) is 50.4 Å². The fourth-order valence-electron chi connectivity index (χ4n) is 2.44. The summed E-state index contributed by atoms with van der Waals surface area (Å²) < 4.78 is 2.08. The Morgan fingerprint density at radius 3 is 2.50 bits per heavy atom. The lowest BCUT2D eigenvalue weighted by Crippen LogP contribution is -1.93. The summed E-state index contributed by atoms with van der Waals surface area (Å²) in [7, 11) is 0. The van der Waals surface area contributed by atoms with Crippen molar-refractivity contribution in [3.63, 3.8) is 0 Å². The SMILES string of the molecule is Oc1ccc(-c2cnc3cnc4ccccc4n23)cc1. The van der Waals surface area contributed by atoms with Crippen molar-refractivity contribution in [3.8, 4) is 17.0 Å². The lowest BCUT2D eigenvalue weighted by molar-refractivity contribution is 0.475. The molecule has 0 radical (unpaired) electrons. The second kappa shape index (κ2) is 4.06. The molecule has 0 bridgehead atoms. The zero-order valence-corrected chi connectivity index (χ0v) is 10.6. The summed E-state index contributed by atoms with van der Waals surface area (Å²) in [6, 6.07) is 15.1. The van der Waals surface area contributed by atoms with Crippen molar-refractivity contribution in [2.45, 2.75) is 0 Å². The molecule has 96 valence electrons. The van der Waals surface area contributed by atoms with Crippen LogP contribution >= 0.6 is 0 Å². The van der Waals surface area contributed by atoms with Crippen LogP contribution in [0.25, 0.3) is 27.9 Å². The van der Waals surface area contributed by atoms with Crippen LogP contribution in [0.1, 0.15) is 0 Å². The van der Waals surface area contributed by atoms with Crippen LogP contribution in [0.4, 0.5) is 0 Å². The summed E-state index contributed by atoms with van der Waals surface area (Å²) in [5.41, 5.74) is 4.75. The number of nitrogens with zero attached hydrogens (tertiary/aromatic N) is 3. The highest BCUT2D eigenvalue weighted by Crippen LogP contribution is 2.25. The molecule has 0 fully saturated rings. The number of benzene rings is 2. The van der Waals surface area contributed by atoms with Crippen molar-refractivity contribution in [2.75, 3.05) is 0 Å². The molecular formula is C16H11N3O. The van der Waals surface area contributed by atoms with Crippen LogP contribution in [0.2, 0.25) is 0 Å². The molecule has 0 saturated heterocycles. The maximum Gasteiger partial charge on any atom is 0.156 e. The van der Waals surface area contributed by atoms with Crippen molar-refractivity contribution >= 4 is 16.7 Å². The number of fused-ring (bicyclic) bond motifs is 3. The van der Waals surface area contributed by atoms with Gasteiger partial charge in [0.2, 0.25) is 0 Å².